The smallest absolute Gasteiger partial charge is 0.135 e. The largest absolute Gasteiger partial charge is 0.456 e. The van der Waals surface area contributed by atoms with E-state index in [1.54, 1.807) is 0 Å². The van der Waals surface area contributed by atoms with Crippen LogP contribution >= 0.6 is 0 Å². The minimum Gasteiger partial charge on any atom is -0.456 e. The van der Waals surface area contributed by atoms with E-state index in [0.717, 1.165) is 43.9 Å². The summed E-state index contributed by atoms with van der Waals surface area (Å²) in [5.41, 5.74) is 13.2. The molecule has 3 heterocycles. The Kier molecular flexibility index (Phi) is 4.80. The summed E-state index contributed by atoms with van der Waals surface area (Å²) in [7, 11) is 0. The van der Waals surface area contributed by atoms with E-state index in [2.05, 4.69) is 97.1 Å². The van der Waals surface area contributed by atoms with Crippen molar-refractivity contribution in [3.8, 4) is 33.4 Å². The first-order chi connectivity index (χ1) is 20.3. The van der Waals surface area contributed by atoms with Crippen molar-refractivity contribution >= 4 is 43.9 Å². The van der Waals surface area contributed by atoms with Gasteiger partial charge in [0, 0.05) is 21.5 Å². The topological polar surface area (TPSA) is 35.5 Å². The molecule has 3 heteroatoms. The van der Waals surface area contributed by atoms with E-state index in [1.807, 2.05) is 24.3 Å². The number of rotatable bonds is 2. The molecule has 3 nitrogen and oxygen atoms in total. The number of furan rings is 2. The molecule has 9 rings (SSSR count). The highest BCUT2D eigenvalue weighted by Crippen LogP contribution is 2.39. The van der Waals surface area contributed by atoms with Gasteiger partial charge in [0.25, 0.3) is 0 Å². The molecule has 0 atom stereocenters. The Morgan fingerprint density at radius 3 is 1.56 bits per heavy atom. The molecular formula is C38H24O3. The zero-order chi connectivity index (χ0) is 26.9. The lowest BCUT2D eigenvalue weighted by Gasteiger charge is -2.13. The SMILES string of the molecule is c1ccc2c(c1)oc1ccc(-c3ccc4c(c3)COCc3ccc(-c5ccc6oc7ccccc7c6c5)cc3-4)cc12. The highest BCUT2D eigenvalue weighted by atomic mass is 16.5. The highest BCUT2D eigenvalue weighted by molar-refractivity contribution is 6.07. The molecule has 0 amide bonds. The van der Waals surface area contributed by atoms with Gasteiger partial charge >= 0.3 is 0 Å². The van der Waals surface area contributed by atoms with Gasteiger partial charge in [0.1, 0.15) is 22.3 Å². The zero-order valence-corrected chi connectivity index (χ0v) is 22.2. The number of para-hydroxylation sites is 2. The van der Waals surface area contributed by atoms with Crippen LogP contribution in [0.1, 0.15) is 11.1 Å². The fraction of sp³-hybridized carbons (Fsp3) is 0.0526. The van der Waals surface area contributed by atoms with Gasteiger partial charge in [-0.1, -0.05) is 72.8 Å². The maximum Gasteiger partial charge on any atom is 0.135 e. The zero-order valence-electron chi connectivity index (χ0n) is 22.2. The summed E-state index contributed by atoms with van der Waals surface area (Å²) in [6, 6.07) is 42.9. The summed E-state index contributed by atoms with van der Waals surface area (Å²) >= 11 is 0. The molecule has 0 N–H and O–H groups in total. The second kappa shape index (κ2) is 8.69. The van der Waals surface area contributed by atoms with Crippen molar-refractivity contribution in [2.75, 3.05) is 0 Å². The Labute approximate surface area is 236 Å². The van der Waals surface area contributed by atoms with Crippen molar-refractivity contribution in [3.63, 3.8) is 0 Å². The van der Waals surface area contributed by atoms with E-state index in [4.69, 9.17) is 13.6 Å². The quantitative estimate of drug-likeness (QED) is 0.224. The average molecular weight is 529 g/mol. The summed E-state index contributed by atoms with van der Waals surface area (Å²) in [6.07, 6.45) is 0. The molecular weight excluding hydrogens is 504 g/mol. The van der Waals surface area contributed by atoms with E-state index in [0.29, 0.717) is 13.2 Å². The summed E-state index contributed by atoms with van der Waals surface area (Å²) in [6.45, 7) is 1.18. The van der Waals surface area contributed by atoms with Gasteiger partial charge in [-0.2, -0.15) is 0 Å². The Morgan fingerprint density at radius 1 is 0.366 bits per heavy atom. The van der Waals surface area contributed by atoms with Crippen LogP contribution < -0.4 is 0 Å². The van der Waals surface area contributed by atoms with Gasteiger partial charge in [-0.15, -0.1) is 0 Å². The molecule has 194 valence electrons. The van der Waals surface area contributed by atoms with E-state index < -0.39 is 0 Å². The molecule has 8 aromatic rings. The van der Waals surface area contributed by atoms with Crippen LogP contribution in [0.25, 0.3) is 77.3 Å². The minimum absolute atomic E-state index is 0.580. The Hall–Kier alpha value is -5.12. The molecule has 0 radical (unpaired) electrons. The Morgan fingerprint density at radius 2 is 0.878 bits per heavy atom. The van der Waals surface area contributed by atoms with Crippen LogP contribution in [0.15, 0.2) is 130 Å². The first-order valence-electron chi connectivity index (χ1n) is 14.0. The van der Waals surface area contributed by atoms with E-state index in [9.17, 15) is 0 Å². The molecule has 2 aromatic heterocycles. The first-order valence-corrected chi connectivity index (χ1v) is 14.0. The maximum atomic E-state index is 6.17. The van der Waals surface area contributed by atoms with E-state index in [1.165, 1.54) is 44.5 Å². The number of hydrogen-bond acceptors (Lipinski definition) is 3. The molecule has 0 bridgehead atoms. The summed E-state index contributed by atoms with van der Waals surface area (Å²) < 4.78 is 18.3. The normalized spacial score (nSPS) is 13.1. The molecule has 0 spiro atoms. The third-order valence-electron chi connectivity index (χ3n) is 8.44. The molecule has 41 heavy (non-hydrogen) atoms. The predicted octanol–water partition coefficient (Wildman–Crippen LogP) is 10.5. The van der Waals surface area contributed by atoms with Crippen LogP contribution in [0.5, 0.6) is 0 Å². The van der Waals surface area contributed by atoms with E-state index in [-0.39, 0.29) is 0 Å². The van der Waals surface area contributed by atoms with Crippen LogP contribution in [0.3, 0.4) is 0 Å². The third-order valence-corrected chi connectivity index (χ3v) is 8.44. The second-order valence-electron chi connectivity index (χ2n) is 10.9. The molecule has 1 aliphatic rings. The third kappa shape index (κ3) is 3.56. The van der Waals surface area contributed by atoms with Gasteiger partial charge in [-0.3, -0.25) is 0 Å². The summed E-state index contributed by atoms with van der Waals surface area (Å²) in [5.74, 6) is 0. The Balaban J connectivity index is 1.14. The van der Waals surface area contributed by atoms with Crippen molar-refractivity contribution in [3.05, 3.63) is 132 Å². The van der Waals surface area contributed by atoms with Crippen molar-refractivity contribution in [1.82, 2.24) is 0 Å². The van der Waals surface area contributed by atoms with Crippen LogP contribution in [0, 0.1) is 0 Å². The van der Waals surface area contributed by atoms with Crippen LogP contribution in [0.2, 0.25) is 0 Å². The number of fused-ring (bicyclic) bond motifs is 9. The lowest BCUT2D eigenvalue weighted by molar-refractivity contribution is 0.110. The van der Waals surface area contributed by atoms with Gasteiger partial charge in [0.2, 0.25) is 0 Å². The monoisotopic (exact) mass is 528 g/mol. The standard InChI is InChI=1S/C38H24O3/c1-3-7-35-30(5-1)33-19-25(12-15-37(33)40-35)23-11-14-29-28(17-23)22-39-21-27-10-9-24(18-32(27)29)26-13-16-38-34(20-26)31-6-2-4-8-36(31)41-38/h1-20H,21-22H2. The highest BCUT2D eigenvalue weighted by Gasteiger charge is 2.18. The van der Waals surface area contributed by atoms with Crippen molar-refractivity contribution < 1.29 is 13.6 Å². The van der Waals surface area contributed by atoms with Crippen LogP contribution in [0.4, 0.5) is 0 Å². The molecule has 0 saturated carbocycles. The number of benzene rings is 6. The van der Waals surface area contributed by atoms with Crippen molar-refractivity contribution in [2.45, 2.75) is 13.2 Å². The fourth-order valence-electron chi connectivity index (χ4n) is 6.37. The lowest BCUT2D eigenvalue weighted by atomic mass is 9.90. The van der Waals surface area contributed by atoms with Crippen LogP contribution in [-0.4, -0.2) is 0 Å². The van der Waals surface area contributed by atoms with Crippen LogP contribution in [-0.2, 0) is 18.0 Å². The van der Waals surface area contributed by atoms with Crippen molar-refractivity contribution in [2.24, 2.45) is 0 Å². The van der Waals surface area contributed by atoms with Gasteiger partial charge in [0.05, 0.1) is 13.2 Å². The molecule has 0 saturated heterocycles. The van der Waals surface area contributed by atoms with E-state index >= 15 is 0 Å². The van der Waals surface area contributed by atoms with Crippen molar-refractivity contribution in [1.29, 1.82) is 0 Å². The molecule has 0 fully saturated rings. The fourth-order valence-corrected chi connectivity index (χ4v) is 6.37. The molecule has 1 aliphatic heterocycles. The molecule has 0 unspecified atom stereocenters. The second-order valence-corrected chi connectivity index (χ2v) is 10.9. The van der Waals surface area contributed by atoms with Gasteiger partial charge < -0.3 is 13.6 Å². The Bertz CT molecular complexity index is 2300. The predicted molar refractivity (Wildman–Crippen MR) is 166 cm³/mol. The number of hydrogen-bond donors (Lipinski definition) is 0. The van der Waals surface area contributed by atoms with Gasteiger partial charge in [0.15, 0.2) is 0 Å². The first kappa shape index (κ1) is 22.7. The minimum atomic E-state index is 0.580. The maximum absolute atomic E-state index is 6.17. The van der Waals surface area contributed by atoms with Gasteiger partial charge in [-0.05, 0) is 93.0 Å². The summed E-state index contributed by atoms with van der Waals surface area (Å²) in [4.78, 5) is 0. The van der Waals surface area contributed by atoms with Gasteiger partial charge in [-0.25, -0.2) is 0 Å². The molecule has 0 aliphatic carbocycles. The average Bonchev–Trinajstić information content (AvgIpc) is 3.52. The number of ether oxygens (including phenoxy) is 1. The molecule has 6 aromatic carbocycles. The summed E-state index contributed by atoms with van der Waals surface area (Å²) in [5, 5.41) is 4.57. The lowest BCUT2D eigenvalue weighted by Crippen LogP contribution is -1.91.